The fourth-order valence-electron chi connectivity index (χ4n) is 3.26. The van der Waals surface area contributed by atoms with Crippen molar-refractivity contribution >= 4 is 5.97 Å². The minimum absolute atomic E-state index is 0.0969. The number of nitrogens with one attached hydrogen (secondary N) is 1. The van der Waals surface area contributed by atoms with Gasteiger partial charge in [0.2, 0.25) is 0 Å². The van der Waals surface area contributed by atoms with E-state index in [9.17, 15) is 4.79 Å². The fraction of sp³-hybridized carbons (Fsp3) is 0.923. The number of carbonyl (C=O) groups excluding carboxylic acids is 1. The molecule has 0 radical (unpaired) electrons. The van der Waals surface area contributed by atoms with Crippen molar-refractivity contribution in [3.8, 4) is 0 Å². The summed E-state index contributed by atoms with van der Waals surface area (Å²) in [5, 5.41) is 3.66. The van der Waals surface area contributed by atoms with Crippen molar-refractivity contribution in [2.24, 2.45) is 0 Å². The molecule has 0 saturated carbocycles. The summed E-state index contributed by atoms with van der Waals surface area (Å²) in [6.45, 7) is 4.05. The van der Waals surface area contributed by atoms with Crippen molar-refractivity contribution in [3.05, 3.63) is 0 Å². The molecule has 98 valence electrons. The Kier molecular flexibility index (Phi) is 4.40. The van der Waals surface area contributed by atoms with Gasteiger partial charge < -0.3 is 10.1 Å². The number of hydrogen-bond donors (Lipinski definition) is 1. The van der Waals surface area contributed by atoms with Crippen LogP contribution < -0.4 is 5.32 Å². The maximum atomic E-state index is 11.2. The maximum Gasteiger partial charge on any atom is 0.306 e. The highest BCUT2D eigenvalue weighted by Gasteiger charge is 2.35. The van der Waals surface area contributed by atoms with Gasteiger partial charge in [0.1, 0.15) is 0 Å². The molecule has 2 heterocycles. The van der Waals surface area contributed by atoms with E-state index in [2.05, 4.69) is 17.1 Å². The number of rotatable bonds is 5. The fourth-order valence-corrected chi connectivity index (χ4v) is 3.26. The molecular formula is C13H24N2O2. The van der Waals surface area contributed by atoms with Gasteiger partial charge >= 0.3 is 5.97 Å². The van der Waals surface area contributed by atoms with Gasteiger partial charge in [-0.25, -0.2) is 0 Å². The van der Waals surface area contributed by atoms with E-state index in [0.29, 0.717) is 24.5 Å². The molecule has 2 saturated heterocycles. The summed E-state index contributed by atoms with van der Waals surface area (Å²) in [4.78, 5) is 13.6. The molecular weight excluding hydrogens is 216 g/mol. The molecule has 0 amide bonds. The molecule has 0 aromatic carbocycles. The van der Waals surface area contributed by atoms with E-state index in [4.69, 9.17) is 4.74 Å². The SMILES string of the molecule is CCN(CCC(=O)OC)C1CC2CCC(C1)N2. The number of carbonyl (C=O) groups is 1. The predicted octanol–water partition coefficient (Wildman–Crippen LogP) is 1.15. The maximum absolute atomic E-state index is 11.2. The number of nitrogens with zero attached hydrogens (tertiary/aromatic N) is 1. The normalized spacial score (nSPS) is 31.8. The largest absolute Gasteiger partial charge is 0.469 e. The van der Waals surface area contributed by atoms with Crippen LogP contribution in [0, 0.1) is 0 Å². The van der Waals surface area contributed by atoms with Crippen molar-refractivity contribution < 1.29 is 9.53 Å². The highest BCUT2D eigenvalue weighted by molar-refractivity contribution is 5.69. The minimum atomic E-state index is -0.0969. The second-order valence-electron chi connectivity index (χ2n) is 5.22. The molecule has 1 N–H and O–H groups in total. The Labute approximate surface area is 104 Å². The first-order valence-electron chi connectivity index (χ1n) is 6.79. The Morgan fingerprint density at radius 3 is 2.53 bits per heavy atom. The highest BCUT2D eigenvalue weighted by Crippen LogP contribution is 2.29. The van der Waals surface area contributed by atoms with Crippen LogP contribution in [0.2, 0.25) is 0 Å². The van der Waals surface area contributed by atoms with Gasteiger partial charge in [-0.3, -0.25) is 9.69 Å². The standard InChI is InChI=1S/C13H24N2O2/c1-3-15(7-6-13(16)17-2)12-8-10-4-5-11(9-12)14-10/h10-12,14H,3-9H2,1-2H3. The number of hydrogen-bond acceptors (Lipinski definition) is 4. The van der Waals surface area contributed by atoms with Crippen molar-refractivity contribution in [2.75, 3.05) is 20.2 Å². The van der Waals surface area contributed by atoms with Crippen LogP contribution >= 0.6 is 0 Å². The average Bonchev–Trinajstić information content (AvgIpc) is 2.69. The number of ether oxygens (including phenoxy) is 1. The van der Waals surface area contributed by atoms with Crippen LogP contribution in [-0.4, -0.2) is 49.2 Å². The van der Waals surface area contributed by atoms with Crippen LogP contribution in [0.4, 0.5) is 0 Å². The molecule has 0 aromatic rings. The van der Waals surface area contributed by atoms with Gasteiger partial charge in [-0.15, -0.1) is 0 Å². The van der Waals surface area contributed by atoms with Crippen LogP contribution in [0.1, 0.15) is 39.0 Å². The van der Waals surface area contributed by atoms with Crippen LogP contribution in [0.5, 0.6) is 0 Å². The van der Waals surface area contributed by atoms with E-state index in [0.717, 1.165) is 13.1 Å². The minimum Gasteiger partial charge on any atom is -0.469 e. The summed E-state index contributed by atoms with van der Waals surface area (Å²) in [7, 11) is 1.46. The summed E-state index contributed by atoms with van der Waals surface area (Å²) in [5.74, 6) is -0.0969. The molecule has 0 aliphatic carbocycles. The van der Waals surface area contributed by atoms with Gasteiger partial charge in [-0.05, 0) is 32.2 Å². The van der Waals surface area contributed by atoms with Gasteiger partial charge in [0.15, 0.2) is 0 Å². The Bertz CT molecular complexity index is 258. The smallest absolute Gasteiger partial charge is 0.306 e. The van der Waals surface area contributed by atoms with Gasteiger partial charge in [0, 0.05) is 24.7 Å². The van der Waals surface area contributed by atoms with E-state index >= 15 is 0 Å². The Balaban J connectivity index is 1.83. The van der Waals surface area contributed by atoms with Gasteiger partial charge in [-0.1, -0.05) is 6.92 Å². The number of esters is 1. The first-order valence-corrected chi connectivity index (χ1v) is 6.79. The van der Waals surface area contributed by atoms with Crippen LogP contribution in [0.15, 0.2) is 0 Å². The average molecular weight is 240 g/mol. The third kappa shape index (κ3) is 3.19. The van der Waals surface area contributed by atoms with Crippen LogP contribution in [0.3, 0.4) is 0 Å². The molecule has 2 unspecified atom stereocenters. The van der Waals surface area contributed by atoms with Crippen LogP contribution in [0.25, 0.3) is 0 Å². The van der Waals surface area contributed by atoms with Crippen molar-refractivity contribution in [2.45, 2.75) is 57.2 Å². The monoisotopic (exact) mass is 240 g/mol. The number of fused-ring (bicyclic) bond motifs is 2. The molecule has 2 fully saturated rings. The first-order chi connectivity index (χ1) is 8.22. The van der Waals surface area contributed by atoms with E-state index in [1.165, 1.54) is 32.8 Å². The number of piperidine rings is 1. The number of methoxy groups -OCH3 is 1. The molecule has 4 nitrogen and oxygen atoms in total. The van der Waals surface area contributed by atoms with Gasteiger partial charge in [0.05, 0.1) is 13.5 Å². The molecule has 0 aromatic heterocycles. The molecule has 2 bridgehead atoms. The summed E-state index contributed by atoms with van der Waals surface area (Å²) >= 11 is 0. The Hall–Kier alpha value is -0.610. The lowest BCUT2D eigenvalue weighted by Gasteiger charge is -2.37. The van der Waals surface area contributed by atoms with E-state index in [-0.39, 0.29) is 5.97 Å². The van der Waals surface area contributed by atoms with E-state index < -0.39 is 0 Å². The quantitative estimate of drug-likeness (QED) is 0.732. The molecule has 2 aliphatic rings. The lowest BCUT2D eigenvalue weighted by atomic mass is 9.98. The van der Waals surface area contributed by atoms with E-state index in [1.54, 1.807) is 0 Å². The van der Waals surface area contributed by atoms with Gasteiger partial charge in [0.25, 0.3) is 0 Å². The second-order valence-corrected chi connectivity index (χ2v) is 5.22. The molecule has 2 rings (SSSR count). The lowest BCUT2D eigenvalue weighted by Crippen LogP contribution is -2.48. The third-order valence-electron chi connectivity index (χ3n) is 4.20. The molecule has 2 atom stereocenters. The van der Waals surface area contributed by atoms with Crippen molar-refractivity contribution in [1.29, 1.82) is 0 Å². The van der Waals surface area contributed by atoms with Crippen molar-refractivity contribution in [1.82, 2.24) is 10.2 Å². The summed E-state index contributed by atoms with van der Waals surface area (Å²) in [6.07, 6.45) is 5.66. The molecule has 4 heteroatoms. The molecule has 2 aliphatic heterocycles. The third-order valence-corrected chi connectivity index (χ3v) is 4.20. The highest BCUT2D eigenvalue weighted by atomic mass is 16.5. The first kappa shape index (κ1) is 12.8. The van der Waals surface area contributed by atoms with Gasteiger partial charge in [-0.2, -0.15) is 0 Å². The zero-order valence-corrected chi connectivity index (χ0v) is 10.9. The summed E-state index contributed by atoms with van der Waals surface area (Å²) in [5.41, 5.74) is 0. The van der Waals surface area contributed by atoms with E-state index in [1.807, 2.05) is 0 Å². The zero-order chi connectivity index (χ0) is 12.3. The molecule has 0 spiro atoms. The lowest BCUT2D eigenvalue weighted by molar-refractivity contribution is -0.141. The Morgan fingerprint density at radius 2 is 2.00 bits per heavy atom. The summed E-state index contributed by atoms with van der Waals surface area (Å²) < 4.78 is 4.71. The molecule has 17 heavy (non-hydrogen) atoms. The predicted molar refractivity (Wildman–Crippen MR) is 66.8 cm³/mol. The van der Waals surface area contributed by atoms with Crippen LogP contribution in [-0.2, 0) is 9.53 Å². The zero-order valence-electron chi connectivity index (χ0n) is 10.9. The van der Waals surface area contributed by atoms with Crippen molar-refractivity contribution in [3.63, 3.8) is 0 Å². The summed E-state index contributed by atoms with van der Waals surface area (Å²) in [6, 6.07) is 2.08. The Morgan fingerprint density at radius 1 is 1.35 bits per heavy atom. The second kappa shape index (κ2) is 5.83. The topological polar surface area (TPSA) is 41.6 Å².